The summed E-state index contributed by atoms with van der Waals surface area (Å²) in [5.74, 6) is 0.366. The van der Waals surface area contributed by atoms with Crippen molar-refractivity contribution in [1.29, 1.82) is 0 Å². The van der Waals surface area contributed by atoms with Gasteiger partial charge in [0.1, 0.15) is 12.9 Å². The highest BCUT2D eigenvalue weighted by molar-refractivity contribution is 6.02. The number of nitrogens with one attached hydrogen (secondary N) is 2. The van der Waals surface area contributed by atoms with Crippen molar-refractivity contribution in [3.63, 3.8) is 0 Å². The molecule has 1 saturated carbocycles. The zero-order chi connectivity index (χ0) is 22.0. The molecule has 3 N–H and O–H groups in total. The van der Waals surface area contributed by atoms with E-state index in [9.17, 15) is 14.7 Å². The maximum Gasteiger partial charge on any atom is 0.228 e. The second-order valence-corrected chi connectivity index (χ2v) is 7.09. The van der Waals surface area contributed by atoms with Gasteiger partial charge in [0.05, 0.1) is 24.0 Å². The van der Waals surface area contributed by atoms with E-state index in [4.69, 9.17) is 4.74 Å². The Morgan fingerprint density at radius 3 is 2.71 bits per heavy atom. The van der Waals surface area contributed by atoms with E-state index in [1.807, 2.05) is 6.07 Å². The van der Waals surface area contributed by atoms with Crippen LogP contribution in [0.1, 0.15) is 23.3 Å². The molecule has 11 heteroatoms. The van der Waals surface area contributed by atoms with Crippen LogP contribution in [0.3, 0.4) is 0 Å². The van der Waals surface area contributed by atoms with E-state index in [2.05, 4.69) is 30.9 Å². The first-order valence-corrected chi connectivity index (χ1v) is 9.62. The number of anilines is 3. The number of carbonyl (C=O) groups is 2. The fraction of sp³-hybridized carbons (Fsp3) is 0.300. The van der Waals surface area contributed by atoms with Gasteiger partial charge in [0.25, 0.3) is 0 Å². The first-order chi connectivity index (χ1) is 15.0. The lowest BCUT2D eigenvalue weighted by Crippen LogP contribution is -2.17. The Labute approximate surface area is 177 Å². The molecule has 31 heavy (non-hydrogen) atoms. The Hall–Kier alpha value is -3.86. The zero-order valence-corrected chi connectivity index (χ0v) is 17.0. The number of rotatable bonds is 8. The van der Waals surface area contributed by atoms with Gasteiger partial charge in [-0.2, -0.15) is 5.10 Å². The third-order valence-electron chi connectivity index (χ3n) is 4.73. The maximum atomic E-state index is 12.2. The molecule has 0 saturated heterocycles. The lowest BCUT2D eigenvalue weighted by molar-refractivity contribution is -0.117. The summed E-state index contributed by atoms with van der Waals surface area (Å²) in [6.07, 6.45) is 3.27. The topological polar surface area (TPSA) is 144 Å². The van der Waals surface area contributed by atoms with Crippen LogP contribution in [0.2, 0.25) is 0 Å². The number of ether oxygens (including phenoxy) is 1. The van der Waals surface area contributed by atoms with E-state index in [0.29, 0.717) is 22.8 Å². The first kappa shape index (κ1) is 20.4. The number of aryl methyl sites for hydroxylation is 1. The van der Waals surface area contributed by atoms with Gasteiger partial charge in [0.2, 0.25) is 11.7 Å². The van der Waals surface area contributed by atoms with E-state index in [1.54, 1.807) is 30.2 Å². The summed E-state index contributed by atoms with van der Waals surface area (Å²) >= 11 is 0. The van der Waals surface area contributed by atoms with E-state index in [-0.39, 0.29) is 29.0 Å². The molecule has 1 aromatic carbocycles. The molecule has 1 fully saturated rings. The number of benzene rings is 1. The highest BCUT2D eigenvalue weighted by Crippen LogP contribution is 2.37. The molecule has 2 heterocycles. The number of amides is 1. The predicted octanol–water partition coefficient (Wildman–Crippen LogP) is 1.55. The quantitative estimate of drug-likeness (QED) is 0.460. The Bertz CT molecular complexity index is 1140. The largest absolute Gasteiger partial charge is 0.494 e. The summed E-state index contributed by atoms with van der Waals surface area (Å²) < 4.78 is 7.16. The number of aromatic nitrogens is 5. The van der Waals surface area contributed by atoms with Crippen molar-refractivity contribution in [1.82, 2.24) is 25.0 Å². The van der Waals surface area contributed by atoms with Gasteiger partial charge in [-0.1, -0.05) is 6.07 Å². The minimum Gasteiger partial charge on any atom is -0.494 e. The summed E-state index contributed by atoms with van der Waals surface area (Å²) in [6.45, 7) is -0.730. The van der Waals surface area contributed by atoms with Crippen molar-refractivity contribution >= 4 is 28.9 Å². The van der Waals surface area contributed by atoms with Crippen LogP contribution in [0.5, 0.6) is 5.75 Å². The van der Waals surface area contributed by atoms with Crippen LogP contribution in [0.15, 0.2) is 30.6 Å². The number of aliphatic hydroxyl groups excluding tert-OH is 1. The average Bonchev–Trinajstić information content (AvgIpc) is 3.54. The third kappa shape index (κ3) is 4.36. The van der Waals surface area contributed by atoms with Crippen LogP contribution in [0, 0.1) is 5.92 Å². The second kappa shape index (κ2) is 8.48. The molecule has 4 rings (SSSR count). The SMILES string of the molecule is COc1c(Nc2cc(NC(=O)C3CC3)nnc2C(=O)CO)cccc1-c1ncn(C)n1. The molecule has 3 aromatic rings. The van der Waals surface area contributed by atoms with Gasteiger partial charge >= 0.3 is 0 Å². The Balaban J connectivity index is 1.71. The molecule has 1 aliphatic carbocycles. The van der Waals surface area contributed by atoms with Gasteiger partial charge in [-0.3, -0.25) is 14.3 Å². The molecule has 0 aliphatic heterocycles. The van der Waals surface area contributed by atoms with Crippen LogP contribution in [-0.2, 0) is 11.8 Å². The molecule has 0 spiro atoms. The fourth-order valence-corrected chi connectivity index (χ4v) is 3.04. The summed E-state index contributed by atoms with van der Waals surface area (Å²) in [5.41, 5.74) is 1.37. The summed E-state index contributed by atoms with van der Waals surface area (Å²) in [6, 6.07) is 6.85. The van der Waals surface area contributed by atoms with Crippen molar-refractivity contribution < 1.29 is 19.4 Å². The zero-order valence-electron chi connectivity index (χ0n) is 17.0. The number of hydrogen-bond acceptors (Lipinski definition) is 9. The molecule has 11 nitrogen and oxygen atoms in total. The van der Waals surface area contributed by atoms with Crippen molar-refractivity contribution in [2.24, 2.45) is 13.0 Å². The molecular weight excluding hydrogens is 402 g/mol. The number of carbonyl (C=O) groups excluding carboxylic acids is 2. The molecule has 0 atom stereocenters. The Morgan fingerprint density at radius 2 is 2.06 bits per heavy atom. The van der Waals surface area contributed by atoms with Crippen LogP contribution < -0.4 is 15.4 Å². The van der Waals surface area contributed by atoms with Crippen LogP contribution in [0.4, 0.5) is 17.2 Å². The Morgan fingerprint density at radius 1 is 1.26 bits per heavy atom. The number of nitrogens with zero attached hydrogens (tertiary/aromatic N) is 5. The maximum absolute atomic E-state index is 12.2. The highest BCUT2D eigenvalue weighted by atomic mass is 16.5. The number of ketones is 1. The third-order valence-corrected chi connectivity index (χ3v) is 4.73. The predicted molar refractivity (Wildman–Crippen MR) is 111 cm³/mol. The highest BCUT2D eigenvalue weighted by Gasteiger charge is 2.30. The van der Waals surface area contributed by atoms with Crippen molar-refractivity contribution in [2.75, 3.05) is 24.4 Å². The number of hydrogen-bond donors (Lipinski definition) is 3. The van der Waals surface area contributed by atoms with E-state index in [1.165, 1.54) is 13.2 Å². The van der Waals surface area contributed by atoms with Gasteiger partial charge in [-0.05, 0) is 25.0 Å². The monoisotopic (exact) mass is 423 g/mol. The lowest BCUT2D eigenvalue weighted by Gasteiger charge is -2.16. The van der Waals surface area contributed by atoms with Crippen LogP contribution in [-0.4, -0.2) is 55.5 Å². The number of para-hydroxylation sites is 1. The van der Waals surface area contributed by atoms with E-state index < -0.39 is 12.4 Å². The van der Waals surface area contributed by atoms with Crippen molar-refractivity contribution in [3.8, 4) is 17.1 Å². The molecule has 2 aromatic heterocycles. The number of aliphatic hydroxyl groups is 1. The summed E-state index contributed by atoms with van der Waals surface area (Å²) in [4.78, 5) is 28.5. The molecule has 0 bridgehead atoms. The number of Topliss-reactive ketones (excluding diaryl/α,β-unsaturated/α-hetero) is 1. The lowest BCUT2D eigenvalue weighted by atomic mass is 10.1. The van der Waals surface area contributed by atoms with Crippen LogP contribution >= 0.6 is 0 Å². The second-order valence-electron chi connectivity index (χ2n) is 7.09. The number of methoxy groups -OCH3 is 1. The molecule has 1 aliphatic rings. The molecule has 160 valence electrons. The molecule has 1 amide bonds. The van der Waals surface area contributed by atoms with Gasteiger partial charge in [-0.25, -0.2) is 4.98 Å². The standard InChI is InChI=1S/C20H21N7O4/c1-27-10-21-19(26-27)12-4-3-5-13(18(12)31-2)22-14-8-16(23-20(30)11-6-7-11)24-25-17(14)15(29)9-28/h3-5,8,10-11,28H,6-7,9H2,1-2H3,(H2,22,23,24,30). The van der Waals surface area contributed by atoms with Crippen molar-refractivity contribution in [3.05, 3.63) is 36.3 Å². The molecule has 0 unspecified atom stereocenters. The normalized spacial score (nSPS) is 13.0. The van der Waals surface area contributed by atoms with Gasteiger partial charge in [0.15, 0.2) is 23.1 Å². The molecular formula is C20H21N7O4. The minimum absolute atomic E-state index is 0.0143. The minimum atomic E-state index is -0.730. The summed E-state index contributed by atoms with van der Waals surface area (Å²) in [7, 11) is 3.27. The van der Waals surface area contributed by atoms with Crippen molar-refractivity contribution in [2.45, 2.75) is 12.8 Å². The average molecular weight is 423 g/mol. The van der Waals surface area contributed by atoms with E-state index in [0.717, 1.165) is 12.8 Å². The van der Waals surface area contributed by atoms with Gasteiger partial charge < -0.3 is 20.5 Å². The smallest absolute Gasteiger partial charge is 0.228 e. The van der Waals surface area contributed by atoms with E-state index >= 15 is 0 Å². The van der Waals surface area contributed by atoms with Crippen LogP contribution in [0.25, 0.3) is 11.4 Å². The first-order valence-electron chi connectivity index (χ1n) is 9.62. The van der Waals surface area contributed by atoms with Gasteiger partial charge in [0, 0.05) is 19.0 Å². The Kier molecular flexibility index (Phi) is 5.58. The summed E-state index contributed by atoms with van der Waals surface area (Å²) in [5, 5.41) is 27.2. The fourth-order valence-electron chi connectivity index (χ4n) is 3.04. The molecule has 0 radical (unpaired) electrons. The van der Waals surface area contributed by atoms with Gasteiger partial charge in [-0.15, -0.1) is 10.2 Å².